The maximum absolute atomic E-state index is 12.7. The van der Waals surface area contributed by atoms with Gasteiger partial charge >= 0.3 is 0 Å². The Balaban J connectivity index is 1.35. The number of hydrogen-bond acceptors (Lipinski definition) is 7. The molecule has 0 bridgehead atoms. The quantitative estimate of drug-likeness (QED) is 0.433. The maximum atomic E-state index is 12.7. The molecule has 0 spiro atoms. The Morgan fingerprint density at radius 3 is 1.74 bits per heavy atom. The molecule has 2 aromatic heterocycles. The summed E-state index contributed by atoms with van der Waals surface area (Å²) in [6.07, 6.45) is 3.03. The zero-order valence-electron chi connectivity index (χ0n) is 16.1. The van der Waals surface area contributed by atoms with Gasteiger partial charge in [0.25, 0.3) is 10.0 Å². The van der Waals surface area contributed by atoms with Gasteiger partial charge in [0.2, 0.25) is 0 Å². The summed E-state index contributed by atoms with van der Waals surface area (Å²) in [6.45, 7) is 0. The van der Waals surface area contributed by atoms with Crippen molar-refractivity contribution in [1.82, 2.24) is 19.9 Å². The molecule has 0 saturated heterocycles. The largest absolute Gasteiger partial charge is 0.339 e. The van der Waals surface area contributed by atoms with Crippen LogP contribution >= 0.6 is 0 Å². The van der Waals surface area contributed by atoms with Crippen LogP contribution in [0.25, 0.3) is 22.1 Å². The molecule has 5 rings (SSSR count). The number of rotatable bonds is 5. The Morgan fingerprint density at radius 1 is 0.613 bits per heavy atom. The predicted molar refractivity (Wildman–Crippen MR) is 120 cm³/mol. The van der Waals surface area contributed by atoms with Gasteiger partial charge in [0.05, 0.1) is 39.4 Å². The van der Waals surface area contributed by atoms with Crippen molar-refractivity contribution in [2.45, 2.75) is 4.90 Å². The fraction of sp³-hybridized carbons (Fsp3) is 0. The lowest BCUT2D eigenvalue weighted by atomic mass is 10.3. The second-order valence-corrected chi connectivity index (χ2v) is 8.43. The van der Waals surface area contributed by atoms with E-state index in [1.54, 1.807) is 24.4 Å². The fourth-order valence-corrected chi connectivity index (χ4v) is 4.07. The molecular weight excluding hydrogens is 412 g/mol. The fourth-order valence-electron chi connectivity index (χ4n) is 3.09. The number of nitrogens with zero attached hydrogens (tertiary/aromatic N) is 4. The number of benzene rings is 3. The summed E-state index contributed by atoms with van der Waals surface area (Å²) in [5, 5.41) is 3.13. The van der Waals surface area contributed by atoms with Crippen LogP contribution in [0.2, 0.25) is 0 Å². The molecule has 0 aliphatic heterocycles. The van der Waals surface area contributed by atoms with E-state index in [0.717, 1.165) is 11.0 Å². The molecule has 31 heavy (non-hydrogen) atoms. The number of hydrogen-bond donors (Lipinski definition) is 2. The number of anilines is 3. The summed E-state index contributed by atoms with van der Waals surface area (Å²) in [6, 6.07) is 21.2. The van der Waals surface area contributed by atoms with Gasteiger partial charge in [0, 0.05) is 5.69 Å². The Hall–Kier alpha value is -4.11. The normalized spacial score (nSPS) is 11.5. The number of aromatic nitrogens is 4. The van der Waals surface area contributed by atoms with Crippen LogP contribution in [-0.4, -0.2) is 28.4 Å². The van der Waals surface area contributed by atoms with Gasteiger partial charge in [0.1, 0.15) is 5.82 Å². The predicted octanol–water partition coefficient (Wildman–Crippen LogP) is 4.12. The molecule has 8 nitrogen and oxygen atoms in total. The maximum Gasteiger partial charge on any atom is 0.263 e. The molecule has 152 valence electrons. The van der Waals surface area contributed by atoms with Crippen molar-refractivity contribution in [3.05, 3.63) is 85.2 Å². The van der Waals surface area contributed by atoms with E-state index in [-0.39, 0.29) is 10.7 Å². The van der Waals surface area contributed by atoms with Gasteiger partial charge in [-0.3, -0.25) is 14.7 Å². The zero-order chi connectivity index (χ0) is 21.3. The first-order chi connectivity index (χ1) is 15.1. The van der Waals surface area contributed by atoms with Crippen LogP contribution < -0.4 is 10.0 Å². The van der Waals surface area contributed by atoms with Crippen molar-refractivity contribution in [2.75, 3.05) is 10.0 Å². The minimum absolute atomic E-state index is 0.109. The van der Waals surface area contributed by atoms with E-state index >= 15 is 0 Å². The summed E-state index contributed by atoms with van der Waals surface area (Å²) in [7, 11) is -3.81. The second kappa shape index (κ2) is 7.62. The van der Waals surface area contributed by atoms with Gasteiger partial charge in [0.15, 0.2) is 5.82 Å². The minimum Gasteiger partial charge on any atom is -0.339 e. The molecule has 0 amide bonds. The van der Waals surface area contributed by atoms with Crippen molar-refractivity contribution in [2.24, 2.45) is 0 Å². The van der Waals surface area contributed by atoms with Gasteiger partial charge in [-0.05, 0) is 48.5 Å². The van der Waals surface area contributed by atoms with E-state index in [9.17, 15) is 8.42 Å². The standard InChI is InChI=1S/C22H16N6O2S/c29-31(30,28-22-14-24-18-6-2-4-8-20(18)27-22)16-11-9-15(10-12-16)25-21-13-23-17-5-1-3-7-19(17)26-21/h1-14H,(H,25,26)(H,27,28). The molecule has 0 unspecified atom stereocenters. The molecule has 2 heterocycles. The van der Waals surface area contributed by atoms with Crippen LogP contribution in [0.5, 0.6) is 0 Å². The zero-order valence-corrected chi connectivity index (χ0v) is 16.9. The van der Waals surface area contributed by atoms with Crippen molar-refractivity contribution in [1.29, 1.82) is 0 Å². The molecule has 3 aromatic carbocycles. The van der Waals surface area contributed by atoms with E-state index in [0.29, 0.717) is 22.5 Å². The first-order valence-electron chi connectivity index (χ1n) is 9.40. The molecule has 0 saturated carbocycles. The van der Waals surface area contributed by atoms with Crippen molar-refractivity contribution < 1.29 is 8.42 Å². The molecule has 0 fully saturated rings. The summed E-state index contributed by atoms with van der Waals surface area (Å²) >= 11 is 0. The Labute approximate surface area is 178 Å². The molecule has 5 aromatic rings. The lowest BCUT2D eigenvalue weighted by molar-refractivity contribution is 0.601. The van der Waals surface area contributed by atoms with Crippen LogP contribution in [0.1, 0.15) is 0 Å². The van der Waals surface area contributed by atoms with Crippen LogP contribution in [0.4, 0.5) is 17.3 Å². The molecule has 0 aliphatic carbocycles. The number of nitrogens with one attached hydrogen (secondary N) is 2. The van der Waals surface area contributed by atoms with Gasteiger partial charge in [-0.1, -0.05) is 24.3 Å². The van der Waals surface area contributed by atoms with Crippen LogP contribution in [0.15, 0.2) is 90.1 Å². The van der Waals surface area contributed by atoms with Crippen molar-refractivity contribution in [3.63, 3.8) is 0 Å². The number of sulfonamides is 1. The third-order valence-electron chi connectivity index (χ3n) is 4.57. The summed E-state index contributed by atoms with van der Waals surface area (Å²) in [4.78, 5) is 17.5. The average Bonchev–Trinajstić information content (AvgIpc) is 2.79. The van der Waals surface area contributed by atoms with Gasteiger partial charge in [-0.25, -0.2) is 18.4 Å². The molecule has 0 radical (unpaired) electrons. The molecule has 0 aliphatic rings. The van der Waals surface area contributed by atoms with Gasteiger partial charge in [-0.2, -0.15) is 0 Å². The molecule has 2 N–H and O–H groups in total. The van der Waals surface area contributed by atoms with Gasteiger partial charge < -0.3 is 5.32 Å². The van der Waals surface area contributed by atoms with E-state index in [2.05, 4.69) is 30.0 Å². The van der Waals surface area contributed by atoms with Crippen molar-refractivity contribution in [3.8, 4) is 0 Å². The lowest BCUT2D eigenvalue weighted by Gasteiger charge is -2.10. The van der Waals surface area contributed by atoms with E-state index in [4.69, 9.17) is 0 Å². The summed E-state index contributed by atoms with van der Waals surface area (Å²) in [5.41, 5.74) is 3.56. The molecular formula is C22H16N6O2S. The topological polar surface area (TPSA) is 110 Å². The second-order valence-electron chi connectivity index (χ2n) is 6.74. The molecule has 0 atom stereocenters. The smallest absolute Gasteiger partial charge is 0.263 e. The summed E-state index contributed by atoms with van der Waals surface area (Å²) in [5.74, 6) is 0.728. The van der Waals surface area contributed by atoms with E-state index < -0.39 is 10.0 Å². The number of para-hydroxylation sites is 4. The highest BCUT2D eigenvalue weighted by molar-refractivity contribution is 7.92. The molecule has 9 heteroatoms. The van der Waals surface area contributed by atoms with Crippen LogP contribution in [0, 0.1) is 0 Å². The number of fused-ring (bicyclic) bond motifs is 2. The minimum atomic E-state index is -3.81. The average molecular weight is 428 g/mol. The first kappa shape index (κ1) is 18.9. The summed E-state index contributed by atoms with van der Waals surface area (Å²) < 4.78 is 27.9. The van der Waals surface area contributed by atoms with E-state index in [1.165, 1.54) is 18.3 Å². The SMILES string of the molecule is O=S(=O)(Nc1cnc2ccccc2n1)c1ccc(Nc2cnc3ccccc3n2)cc1. The first-order valence-corrected chi connectivity index (χ1v) is 10.9. The van der Waals surface area contributed by atoms with Crippen molar-refractivity contribution >= 4 is 49.4 Å². The van der Waals surface area contributed by atoms with Crippen LogP contribution in [-0.2, 0) is 10.0 Å². The highest BCUT2D eigenvalue weighted by Gasteiger charge is 2.15. The third kappa shape index (κ3) is 3.99. The Kier molecular flexibility index (Phi) is 4.64. The highest BCUT2D eigenvalue weighted by atomic mass is 32.2. The van der Waals surface area contributed by atoms with E-state index in [1.807, 2.05) is 42.5 Å². The lowest BCUT2D eigenvalue weighted by Crippen LogP contribution is -2.14. The Morgan fingerprint density at radius 2 is 1.13 bits per heavy atom. The highest BCUT2D eigenvalue weighted by Crippen LogP contribution is 2.21. The van der Waals surface area contributed by atoms with Crippen LogP contribution in [0.3, 0.4) is 0 Å². The van der Waals surface area contributed by atoms with Gasteiger partial charge in [-0.15, -0.1) is 0 Å². The monoisotopic (exact) mass is 428 g/mol. The third-order valence-corrected chi connectivity index (χ3v) is 5.94. The Bertz CT molecular complexity index is 1500.